The van der Waals surface area contributed by atoms with Gasteiger partial charge in [-0.1, -0.05) is 13.8 Å². The summed E-state index contributed by atoms with van der Waals surface area (Å²) in [5.41, 5.74) is 0.226. The van der Waals surface area contributed by atoms with Gasteiger partial charge in [0, 0.05) is 43.6 Å². The number of fused-ring (bicyclic) bond motifs is 5. The van der Waals surface area contributed by atoms with Gasteiger partial charge in [0.25, 0.3) is 0 Å². The predicted octanol–water partition coefficient (Wildman–Crippen LogP) is 3.48. The molecule has 1 aromatic rings. The number of aryl methyl sites for hydroxylation is 1. The Labute approximate surface area is 191 Å². The first kappa shape index (κ1) is 23.2. The molecule has 9 heteroatoms. The number of furan rings is 1. The molecule has 0 radical (unpaired) electrons. The van der Waals surface area contributed by atoms with Gasteiger partial charge in [-0.3, -0.25) is 14.4 Å². The molecule has 4 rings (SSSR count). The molecule has 0 bridgehead atoms. The van der Waals surface area contributed by atoms with Crippen LogP contribution in [0.1, 0.15) is 64.5 Å². The van der Waals surface area contributed by atoms with Crippen molar-refractivity contribution in [2.24, 2.45) is 16.7 Å². The second-order valence-corrected chi connectivity index (χ2v) is 9.96. The summed E-state index contributed by atoms with van der Waals surface area (Å²) in [5.74, 6) is -3.67. The molecule has 0 spiro atoms. The molecule has 33 heavy (non-hydrogen) atoms. The Morgan fingerprint density at radius 2 is 1.58 bits per heavy atom. The molecule has 180 valence electrons. The van der Waals surface area contributed by atoms with E-state index in [0.29, 0.717) is 12.8 Å². The number of carbonyl (C=O) groups is 3. The van der Waals surface area contributed by atoms with Crippen molar-refractivity contribution in [1.29, 1.82) is 0 Å². The fraction of sp³-hybridized carbons (Fsp3) is 0.625. The zero-order valence-corrected chi connectivity index (χ0v) is 19.4. The lowest BCUT2D eigenvalue weighted by atomic mass is 9.43. The molecule has 7 atom stereocenters. The number of aliphatic hydroxyl groups excluding tert-OH is 2. The average Bonchev–Trinajstić information content (AvgIpc) is 3.16. The zero-order valence-electron chi connectivity index (χ0n) is 19.4. The van der Waals surface area contributed by atoms with Crippen LogP contribution in [0.4, 0.5) is 0 Å². The molecule has 0 amide bonds. The molecule has 0 saturated heterocycles. The van der Waals surface area contributed by atoms with E-state index in [1.165, 1.54) is 20.8 Å². The van der Waals surface area contributed by atoms with Crippen LogP contribution in [0.5, 0.6) is 0 Å². The van der Waals surface area contributed by atoms with Gasteiger partial charge in [0.1, 0.15) is 6.10 Å². The van der Waals surface area contributed by atoms with Gasteiger partial charge in [-0.25, -0.2) is 0 Å². The van der Waals surface area contributed by atoms with Crippen LogP contribution in [0.25, 0.3) is 0 Å². The lowest BCUT2D eigenvalue weighted by Gasteiger charge is -2.63. The third kappa shape index (κ3) is 3.48. The SMILES string of the molecule is CC(=O)OC1CC2(C)C(OC(C)=O)C(O)=C(O)C(OC(C)=O)C2C2(C)CCc3cocc3C12. The molecule has 9 nitrogen and oxygen atoms in total. The first-order valence-corrected chi connectivity index (χ1v) is 11.1. The van der Waals surface area contributed by atoms with Crippen molar-refractivity contribution < 1.29 is 43.2 Å². The molecular formula is C24H30O9. The van der Waals surface area contributed by atoms with Crippen LogP contribution in [-0.2, 0) is 35.0 Å². The Kier molecular flexibility index (Phi) is 5.49. The van der Waals surface area contributed by atoms with Gasteiger partial charge in [-0.15, -0.1) is 0 Å². The zero-order chi connectivity index (χ0) is 24.3. The largest absolute Gasteiger partial charge is 0.505 e. The van der Waals surface area contributed by atoms with Gasteiger partial charge < -0.3 is 28.8 Å². The second-order valence-electron chi connectivity index (χ2n) is 9.96. The summed E-state index contributed by atoms with van der Waals surface area (Å²) in [4.78, 5) is 36.1. The maximum atomic E-state index is 12.1. The first-order valence-electron chi connectivity index (χ1n) is 11.1. The predicted molar refractivity (Wildman–Crippen MR) is 113 cm³/mol. The summed E-state index contributed by atoms with van der Waals surface area (Å²) >= 11 is 0. The van der Waals surface area contributed by atoms with E-state index < -0.39 is 64.5 Å². The molecule has 1 aromatic heterocycles. The lowest BCUT2D eigenvalue weighted by molar-refractivity contribution is -0.219. The molecule has 0 aliphatic heterocycles. The number of carbonyl (C=O) groups excluding carboxylic acids is 3. The minimum atomic E-state index is -1.20. The smallest absolute Gasteiger partial charge is 0.303 e. The second kappa shape index (κ2) is 7.81. The molecular weight excluding hydrogens is 432 g/mol. The summed E-state index contributed by atoms with van der Waals surface area (Å²) in [6, 6.07) is 0. The summed E-state index contributed by atoms with van der Waals surface area (Å²) in [7, 11) is 0. The fourth-order valence-corrected chi connectivity index (χ4v) is 6.82. The lowest BCUT2D eigenvalue weighted by Crippen LogP contribution is -2.65. The molecule has 1 fully saturated rings. The Balaban J connectivity index is 1.95. The van der Waals surface area contributed by atoms with Crippen molar-refractivity contribution in [3.05, 3.63) is 35.2 Å². The van der Waals surface area contributed by atoms with Crippen LogP contribution >= 0.6 is 0 Å². The minimum Gasteiger partial charge on any atom is -0.505 e. The topological polar surface area (TPSA) is 132 Å². The number of esters is 3. The van der Waals surface area contributed by atoms with E-state index in [4.69, 9.17) is 18.6 Å². The van der Waals surface area contributed by atoms with Crippen molar-refractivity contribution in [3.8, 4) is 0 Å². The van der Waals surface area contributed by atoms with Gasteiger partial charge in [0.2, 0.25) is 0 Å². The van der Waals surface area contributed by atoms with E-state index >= 15 is 0 Å². The highest BCUT2D eigenvalue weighted by molar-refractivity contribution is 5.68. The summed E-state index contributed by atoms with van der Waals surface area (Å²) in [6.07, 6.45) is 1.84. The monoisotopic (exact) mass is 462 g/mol. The summed E-state index contributed by atoms with van der Waals surface area (Å²) in [5, 5.41) is 21.8. The average molecular weight is 462 g/mol. The van der Waals surface area contributed by atoms with Gasteiger partial charge in [0.05, 0.1) is 12.5 Å². The van der Waals surface area contributed by atoms with E-state index in [1.807, 2.05) is 13.8 Å². The summed E-state index contributed by atoms with van der Waals surface area (Å²) in [6.45, 7) is 7.60. The third-order valence-electron chi connectivity index (χ3n) is 7.76. The van der Waals surface area contributed by atoms with E-state index in [2.05, 4.69) is 0 Å². The maximum Gasteiger partial charge on any atom is 0.303 e. The molecule has 3 aliphatic carbocycles. The van der Waals surface area contributed by atoms with Gasteiger partial charge in [-0.05, 0) is 30.2 Å². The van der Waals surface area contributed by atoms with Crippen molar-refractivity contribution in [3.63, 3.8) is 0 Å². The quantitative estimate of drug-likeness (QED) is 0.512. The van der Waals surface area contributed by atoms with Crippen LogP contribution in [0.2, 0.25) is 0 Å². The molecule has 1 saturated carbocycles. The normalized spacial score (nSPS) is 37.3. The Morgan fingerprint density at radius 1 is 0.939 bits per heavy atom. The Hall–Kier alpha value is -2.97. The van der Waals surface area contributed by atoms with Gasteiger partial charge >= 0.3 is 17.9 Å². The Bertz CT molecular complexity index is 1020. The van der Waals surface area contributed by atoms with Crippen molar-refractivity contribution >= 4 is 17.9 Å². The number of aliphatic hydroxyl groups is 2. The van der Waals surface area contributed by atoms with Gasteiger partial charge in [0.15, 0.2) is 23.7 Å². The van der Waals surface area contributed by atoms with Crippen molar-refractivity contribution in [2.75, 3.05) is 0 Å². The van der Waals surface area contributed by atoms with Crippen molar-refractivity contribution in [2.45, 2.75) is 78.1 Å². The van der Waals surface area contributed by atoms with Crippen LogP contribution in [0.3, 0.4) is 0 Å². The summed E-state index contributed by atoms with van der Waals surface area (Å²) < 4.78 is 22.4. The van der Waals surface area contributed by atoms with Gasteiger partial charge in [-0.2, -0.15) is 0 Å². The van der Waals surface area contributed by atoms with Crippen LogP contribution < -0.4 is 0 Å². The first-order chi connectivity index (χ1) is 15.4. The number of hydrogen-bond donors (Lipinski definition) is 2. The van der Waals surface area contributed by atoms with Crippen LogP contribution in [-0.4, -0.2) is 46.4 Å². The highest BCUT2D eigenvalue weighted by atomic mass is 16.6. The molecule has 3 aliphatic rings. The molecule has 1 heterocycles. The number of ether oxygens (including phenoxy) is 3. The minimum absolute atomic E-state index is 0.204. The van der Waals surface area contributed by atoms with E-state index in [0.717, 1.165) is 11.1 Å². The highest BCUT2D eigenvalue weighted by Gasteiger charge is 2.69. The van der Waals surface area contributed by atoms with E-state index in [1.54, 1.807) is 12.5 Å². The van der Waals surface area contributed by atoms with Crippen molar-refractivity contribution in [1.82, 2.24) is 0 Å². The maximum absolute atomic E-state index is 12.1. The number of rotatable bonds is 3. The van der Waals surface area contributed by atoms with Crippen LogP contribution in [0.15, 0.2) is 28.5 Å². The Morgan fingerprint density at radius 3 is 2.18 bits per heavy atom. The molecule has 2 N–H and O–H groups in total. The highest BCUT2D eigenvalue weighted by Crippen LogP contribution is 2.67. The van der Waals surface area contributed by atoms with E-state index in [9.17, 15) is 24.6 Å². The number of hydrogen-bond acceptors (Lipinski definition) is 9. The van der Waals surface area contributed by atoms with Crippen LogP contribution in [0, 0.1) is 16.7 Å². The molecule has 0 aromatic carbocycles. The third-order valence-corrected chi connectivity index (χ3v) is 7.76. The molecule has 7 unspecified atom stereocenters. The fourth-order valence-electron chi connectivity index (χ4n) is 6.82. The van der Waals surface area contributed by atoms with E-state index in [-0.39, 0.29) is 12.3 Å². The standard InChI is InChI=1S/C24H30O9/c1-11(25)31-16-8-24(5)21(23(4)7-6-14-9-30-10-15(14)17(16)23)20(32-12(2)26)18(28)19(29)22(24)33-13(3)27/h9-10,16-17,20-22,28-29H,6-8H2,1-5H3.